The van der Waals surface area contributed by atoms with E-state index in [1.54, 1.807) is 6.20 Å². The molecular weight excluding hydrogens is 372 g/mol. The number of aliphatic imine (C=N–C) groups is 1. The maximum Gasteiger partial charge on any atom is 0.259 e. The first kappa shape index (κ1) is 18.3. The molecular formula is C25H22N4O. The van der Waals surface area contributed by atoms with Crippen LogP contribution in [0.25, 0.3) is 10.8 Å². The van der Waals surface area contributed by atoms with Crippen molar-refractivity contribution in [2.45, 2.75) is 19.4 Å². The van der Waals surface area contributed by atoms with Crippen molar-refractivity contribution in [3.63, 3.8) is 0 Å². The first-order valence-corrected chi connectivity index (χ1v) is 10.2. The van der Waals surface area contributed by atoms with Gasteiger partial charge in [-0.1, -0.05) is 48.5 Å². The molecule has 3 aromatic carbocycles. The summed E-state index contributed by atoms with van der Waals surface area (Å²) in [6.45, 7) is 1.50. The van der Waals surface area contributed by atoms with Crippen molar-refractivity contribution < 1.29 is 4.79 Å². The standard InChI is InChI=1S/C25H22N4O/c30-25(20-8-2-1-3-9-20)29(16-5-4-15-28-17-14-26-18-28)24-21-12-6-10-19-11-7-13-22(27-24)23(19)21/h1-3,6-14,17-18H,4-5,15-16H2. The van der Waals surface area contributed by atoms with Gasteiger partial charge in [-0.25, -0.2) is 9.98 Å². The lowest BCUT2D eigenvalue weighted by Gasteiger charge is -2.23. The average Bonchev–Trinajstić information content (AvgIpc) is 3.44. The molecule has 0 radical (unpaired) electrons. The van der Waals surface area contributed by atoms with E-state index in [9.17, 15) is 4.79 Å². The van der Waals surface area contributed by atoms with Gasteiger partial charge in [0.1, 0.15) is 5.84 Å². The van der Waals surface area contributed by atoms with E-state index < -0.39 is 0 Å². The van der Waals surface area contributed by atoms with Gasteiger partial charge < -0.3 is 4.57 Å². The fourth-order valence-corrected chi connectivity index (χ4v) is 4.00. The summed E-state index contributed by atoms with van der Waals surface area (Å²) < 4.78 is 2.06. The largest absolute Gasteiger partial charge is 0.337 e. The van der Waals surface area contributed by atoms with Crippen LogP contribution in [0.4, 0.5) is 5.69 Å². The summed E-state index contributed by atoms with van der Waals surface area (Å²) in [6, 6.07) is 21.8. The lowest BCUT2D eigenvalue weighted by atomic mass is 10.0. The Morgan fingerprint density at radius 3 is 2.57 bits per heavy atom. The number of nitrogens with zero attached hydrogens (tertiary/aromatic N) is 4. The van der Waals surface area contributed by atoms with Crippen molar-refractivity contribution in [2.75, 3.05) is 6.54 Å². The van der Waals surface area contributed by atoms with Crippen LogP contribution in [-0.2, 0) is 6.54 Å². The summed E-state index contributed by atoms with van der Waals surface area (Å²) in [5.41, 5.74) is 2.64. The average molecular weight is 394 g/mol. The molecule has 1 amide bonds. The van der Waals surface area contributed by atoms with Crippen LogP contribution in [0, 0.1) is 0 Å². The quantitative estimate of drug-likeness (QED) is 0.430. The number of unbranched alkanes of at least 4 members (excludes halogenated alkanes) is 1. The zero-order chi connectivity index (χ0) is 20.3. The molecule has 148 valence electrons. The summed E-state index contributed by atoms with van der Waals surface area (Å²) >= 11 is 0. The van der Waals surface area contributed by atoms with E-state index in [4.69, 9.17) is 4.99 Å². The smallest absolute Gasteiger partial charge is 0.259 e. The van der Waals surface area contributed by atoms with Crippen molar-refractivity contribution in [1.29, 1.82) is 0 Å². The fraction of sp³-hybridized carbons (Fsp3) is 0.160. The van der Waals surface area contributed by atoms with Crippen molar-refractivity contribution in [3.8, 4) is 0 Å². The van der Waals surface area contributed by atoms with E-state index in [1.807, 2.05) is 66.0 Å². The number of benzene rings is 3. The number of amidine groups is 1. The molecule has 0 fully saturated rings. The van der Waals surface area contributed by atoms with Crippen LogP contribution in [0.1, 0.15) is 28.8 Å². The van der Waals surface area contributed by atoms with Gasteiger partial charge in [-0.05, 0) is 36.4 Å². The number of carbonyl (C=O) groups is 1. The highest BCUT2D eigenvalue weighted by atomic mass is 16.2. The summed E-state index contributed by atoms with van der Waals surface area (Å²) in [5, 5.41) is 2.27. The second-order valence-corrected chi connectivity index (χ2v) is 7.45. The Balaban J connectivity index is 1.44. The predicted molar refractivity (Wildman–Crippen MR) is 119 cm³/mol. The topological polar surface area (TPSA) is 50.5 Å². The van der Waals surface area contributed by atoms with Gasteiger partial charge in [0.05, 0.1) is 12.0 Å². The first-order valence-electron chi connectivity index (χ1n) is 10.2. The molecule has 0 aliphatic carbocycles. The van der Waals surface area contributed by atoms with Crippen molar-refractivity contribution in [2.24, 2.45) is 4.99 Å². The maximum absolute atomic E-state index is 13.5. The molecule has 5 rings (SSSR count). The molecule has 30 heavy (non-hydrogen) atoms. The van der Waals surface area contributed by atoms with Gasteiger partial charge >= 0.3 is 0 Å². The molecule has 4 aromatic rings. The second-order valence-electron chi connectivity index (χ2n) is 7.45. The van der Waals surface area contributed by atoms with Crippen molar-refractivity contribution in [3.05, 3.63) is 96.6 Å². The Kier molecular flexibility index (Phi) is 4.85. The Hall–Kier alpha value is -3.73. The molecule has 2 heterocycles. The molecule has 0 spiro atoms. The van der Waals surface area contributed by atoms with Crippen LogP contribution in [0.2, 0.25) is 0 Å². The first-order chi connectivity index (χ1) is 14.8. The van der Waals surface area contributed by atoms with Gasteiger partial charge in [0.25, 0.3) is 5.91 Å². The predicted octanol–water partition coefficient (Wildman–Crippen LogP) is 5.05. The van der Waals surface area contributed by atoms with Crippen LogP contribution in [0.3, 0.4) is 0 Å². The van der Waals surface area contributed by atoms with Gasteiger partial charge in [0.15, 0.2) is 0 Å². The summed E-state index contributed by atoms with van der Waals surface area (Å²) in [6.07, 6.45) is 7.41. The number of hydrogen-bond acceptors (Lipinski definition) is 3. The number of amides is 1. The van der Waals surface area contributed by atoms with Crippen LogP contribution in [-0.4, -0.2) is 32.7 Å². The summed E-state index contributed by atoms with van der Waals surface area (Å²) in [5.74, 6) is 0.736. The minimum Gasteiger partial charge on any atom is -0.337 e. The van der Waals surface area contributed by atoms with Gasteiger partial charge in [0, 0.05) is 42.0 Å². The van der Waals surface area contributed by atoms with Gasteiger partial charge in [-0.3, -0.25) is 9.69 Å². The van der Waals surface area contributed by atoms with Gasteiger partial charge in [-0.15, -0.1) is 0 Å². The van der Waals surface area contributed by atoms with E-state index in [0.29, 0.717) is 12.1 Å². The Bertz CT molecular complexity index is 1210. The molecule has 5 heteroatoms. The highest BCUT2D eigenvalue weighted by Gasteiger charge is 2.27. The third-order valence-electron chi connectivity index (χ3n) is 5.48. The number of rotatable bonds is 6. The number of imidazole rings is 1. The SMILES string of the molecule is O=C(c1ccccc1)N(CCCCn1ccnc1)C1=Nc2cccc3cccc1c23. The fourth-order valence-electron chi connectivity index (χ4n) is 4.00. The number of aryl methyl sites for hydroxylation is 1. The zero-order valence-electron chi connectivity index (χ0n) is 16.6. The number of aromatic nitrogens is 2. The van der Waals surface area contributed by atoms with Gasteiger partial charge in [0.2, 0.25) is 0 Å². The van der Waals surface area contributed by atoms with E-state index in [2.05, 4.69) is 27.8 Å². The second kappa shape index (κ2) is 7.95. The lowest BCUT2D eigenvalue weighted by molar-refractivity contribution is 0.0846. The molecule has 1 aromatic heterocycles. The Morgan fingerprint density at radius 1 is 0.933 bits per heavy atom. The summed E-state index contributed by atoms with van der Waals surface area (Å²) in [4.78, 5) is 24.3. The van der Waals surface area contributed by atoms with E-state index in [1.165, 1.54) is 0 Å². The highest BCUT2D eigenvalue weighted by Crippen LogP contribution is 2.36. The van der Waals surface area contributed by atoms with E-state index in [-0.39, 0.29) is 5.91 Å². The highest BCUT2D eigenvalue weighted by molar-refractivity contribution is 6.23. The van der Waals surface area contributed by atoms with Crippen LogP contribution in [0.15, 0.2) is 90.4 Å². The van der Waals surface area contributed by atoms with Gasteiger partial charge in [-0.2, -0.15) is 0 Å². The monoisotopic (exact) mass is 394 g/mol. The Labute approximate surface area is 175 Å². The van der Waals surface area contributed by atoms with Crippen molar-refractivity contribution in [1.82, 2.24) is 14.5 Å². The minimum atomic E-state index is -0.0122. The third kappa shape index (κ3) is 3.39. The maximum atomic E-state index is 13.5. The molecule has 5 nitrogen and oxygen atoms in total. The number of carbonyl (C=O) groups excluding carboxylic acids is 1. The Morgan fingerprint density at radius 2 is 1.77 bits per heavy atom. The van der Waals surface area contributed by atoms with Crippen molar-refractivity contribution >= 4 is 28.2 Å². The lowest BCUT2D eigenvalue weighted by Crippen LogP contribution is -2.37. The molecule has 0 bridgehead atoms. The van der Waals surface area contributed by atoms with Crippen LogP contribution in [0.5, 0.6) is 0 Å². The minimum absolute atomic E-state index is 0.0122. The molecule has 1 aliphatic rings. The van der Waals surface area contributed by atoms with Crippen LogP contribution < -0.4 is 0 Å². The molecule has 0 saturated heterocycles. The third-order valence-corrected chi connectivity index (χ3v) is 5.48. The van der Waals surface area contributed by atoms with E-state index in [0.717, 1.165) is 47.2 Å². The molecule has 0 saturated carbocycles. The number of hydrogen-bond donors (Lipinski definition) is 0. The zero-order valence-corrected chi connectivity index (χ0v) is 16.6. The normalized spacial score (nSPS) is 12.2. The summed E-state index contributed by atoms with van der Waals surface area (Å²) in [7, 11) is 0. The van der Waals surface area contributed by atoms with Crippen LogP contribution >= 0.6 is 0 Å². The van der Waals surface area contributed by atoms with E-state index >= 15 is 0 Å². The molecule has 1 aliphatic heterocycles. The molecule has 0 atom stereocenters. The molecule has 0 N–H and O–H groups in total. The molecule has 0 unspecified atom stereocenters.